The molecule has 2 amide bonds. The number of esters is 1. The predicted molar refractivity (Wildman–Crippen MR) is 228 cm³/mol. The van der Waals surface area contributed by atoms with Crippen LogP contribution >= 0.6 is 11.8 Å². The molecule has 5 aliphatic heterocycles. The van der Waals surface area contributed by atoms with Gasteiger partial charge in [0, 0.05) is 24.5 Å². The van der Waals surface area contributed by atoms with E-state index in [4.69, 9.17) is 47.7 Å². The minimum absolute atomic E-state index is 0.0301. The maximum atomic E-state index is 13.4. The molecular weight excluding hydrogens is 909 g/mol. The highest BCUT2D eigenvalue weighted by Gasteiger charge is 2.61. The Morgan fingerprint density at radius 2 is 1.58 bits per heavy atom. The zero-order valence-corrected chi connectivity index (χ0v) is 38.4. The summed E-state index contributed by atoms with van der Waals surface area (Å²) < 4.78 is 51.5. The highest BCUT2D eigenvalue weighted by atomic mass is 32.2. The molecule has 15 atom stereocenters. The Morgan fingerprint density at radius 1 is 0.940 bits per heavy atom. The molecule has 1 aliphatic carbocycles. The molecular formula is C44H56N2O20S. The molecule has 8 rings (SSSR count). The molecule has 4 saturated heterocycles. The molecule has 0 bridgehead atoms. The van der Waals surface area contributed by atoms with Crippen molar-refractivity contribution in [2.75, 3.05) is 40.0 Å². The summed E-state index contributed by atoms with van der Waals surface area (Å²) in [6.07, 6.45) is -9.61. The largest absolute Gasteiger partial charge is 0.502 e. The van der Waals surface area contributed by atoms with E-state index in [1.165, 1.54) is 21.1 Å². The normalized spacial score (nSPS) is 33.4. The molecule has 22 nitrogen and oxygen atoms in total. The van der Waals surface area contributed by atoms with Gasteiger partial charge in [0.15, 0.2) is 41.1 Å². The Kier molecular flexibility index (Phi) is 14.8. The monoisotopic (exact) mass is 964 g/mol. The number of benzene rings is 2. The third-order valence-electron chi connectivity index (χ3n) is 12.9. The van der Waals surface area contributed by atoms with Crippen LogP contribution in [0.5, 0.6) is 28.7 Å². The van der Waals surface area contributed by atoms with Gasteiger partial charge in [-0.1, -0.05) is 32.5 Å². The van der Waals surface area contributed by atoms with E-state index in [9.17, 15) is 49.5 Å². The first-order chi connectivity index (χ1) is 31.7. The van der Waals surface area contributed by atoms with Gasteiger partial charge in [0.1, 0.15) is 30.5 Å². The first-order valence-electron chi connectivity index (χ1n) is 21.6. The van der Waals surface area contributed by atoms with E-state index in [0.717, 1.165) is 6.92 Å². The van der Waals surface area contributed by atoms with Crippen molar-refractivity contribution in [1.29, 1.82) is 0 Å². The molecule has 0 spiro atoms. The van der Waals surface area contributed by atoms with Crippen molar-refractivity contribution < 1.29 is 97.2 Å². The lowest BCUT2D eigenvalue weighted by Crippen LogP contribution is -2.64. The summed E-state index contributed by atoms with van der Waals surface area (Å²) in [5, 5.41) is 66.3. The third-order valence-corrected chi connectivity index (χ3v) is 14.0. The Labute approximate surface area is 388 Å². The van der Waals surface area contributed by atoms with Crippen molar-refractivity contribution in [3.05, 3.63) is 41.0 Å². The highest BCUT2D eigenvalue weighted by Crippen LogP contribution is 2.57. The smallest absolute Gasteiger partial charge is 0.327 e. The summed E-state index contributed by atoms with van der Waals surface area (Å²) in [4.78, 5) is 60.3. The van der Waals surface area contributed by atoms with Crippen LogP contribution in [0.1, 0.15) is 63.3 Å². The van der Waals surface area contributed by atoms with E-state index in [1.54, 1.807) is 45.0 Å². The Bertz CT molecular complexity index is 2200. The van der Waals surface area contributed by atoms with Crippen LogP contribution in [0.15, 0.2) is 24.3 Å². The number of phenols is 1. The number of hydrogen-bond donors (Lipinski definition) is 8. The van der Waals surface area contributed by atoms with Crippen LogP contribution < -0.4 is 29.6 Å². The molecule has 6 aliphatic rings. The van der Waals surface area contributed by atoms with Gasteiger partial charge in [-0.05, 0) is 53.8 Å². The maximum Gasteiger partial charge on any atom is 0.327 e. The summed E-state index contributed by atoms with van der Waals surface area (Å²) in [5.41, 5.74) is 0.0917. The number of aliphatic hydroxyl groups excluding tert-OH is 4. The van der Waals surface area contributed by atoms with Gasteiger partial charge in [0.25, 0.3) is 0 Å². The van der Waals surface area contributed by atoms with E-state index in [1.807, 2.05) is 0 Å². The lowest BCUT2D eigenvalue weighted by atomic mass is 9.66. The zero-order chi connectivity index (χ0) is 48.8. The minimum atomic E-state index is -1.92. The van der Waals surface area contributed by atoms with Crippen molar-refractivity contribution in [1.82, 2.24) is 10.6 Å². The van der Waals surface area contributed by atoms with Crippen LogP contribution in [0.4, 0.5) is 0 Å². The maximum absolute atomic E-state index is 13.4. The SMILES string of the molecule is CC(=O)N[C@@H](CSC(=O)[C@]1([C@@H](O)C(C)C)NC(=O)[C@H](C)[C@@H]1O)C(=O)O.COc1cc([C@@H]2c3cc4c(cc3[C@@H](O[C@@H]3O[C@@H]5CO[C@@H](C)O[C@H]5[C@H](O)[C@H]3O)[C@H]3COC(=O)[C@H]23)OCO4)cc(OC)c1O. The number of carbonyl (C=O) groups is 5. The van der Waals surface area contributed by atoms with Crippen molar-refractivity contribution in [3.8, 4) is 28.7 Å². The predicted octanol–water partition coefficient (Wildman–Crippen LogP) is 0.0566. The number of amides is 2. The van der Waals surface area contributed by atoms with E-state index < -0.39 is 125 Å². The van der Waals surface area contributed by atoms with Crippen LogP contribution in [-0.2, 0) is 47.7 Å². The standard InChI is InChI=1S/C29H32O13.C15H24N2O7S/c1-11-36-9-20-27(40-11)24(31)25(32)29(41-20)42-26-14-7-17-16(38-10-39-17)6-13(14)21(22-15(26)8-37-28(22)33)12-4-18(34-2)23(30)19(5-12)35-3;1-6(2)10(19)15(11(20)7(3)12(21)17-15)14(24)25-5-9(13(22)23)16-8(4)18/h4-7,11,15,20-22,24-27,29-32H,8-10H2,1-3H3;6-7,9-11,19-20H,5H2,1-4H3,(H,16,18)(H,17,21)(H,22,23)/t11-,15+,20-,21-,22+,24-,25-,26-,27-,29+;7-,9+,10+,11+,15-/m11/s1. The molecule has 2 aromatic rings. The van der Waals surface area contributed by atoms with E-state index >= 15 is 0 Å². The number of aromatic hydroxyl groups is 1. The number of fused-ring (bicyclic) bond motifs is 4. The average molecular weight is 965 g/mol. The Balaban J connectivity index is 0.000000230. The van der Waals surface area contributed by atoms with Crippen LogP contribution in [-0.4, -0.2) is 160 Å². The number of aliphatic carboxylic acids is 1. The number of hydrogen-bond acceptors (Lipinski definition) is 20. The second-order valence-corrected chi connectivity index (χ2v) is 18.5. The van der Waals surface area contributed by atoms with Crippen LogP contribution in [0, 0.1) is 23.7 Å². The summed E-state index contributed by atoms with van der Waals surface area (Å²) in [6, 6.07) is 5.61. The number of methoxy groups -OCH3 is 2. The molecule has 368 valence electrons. The summed E-state index contributed by atoms with van der Waals surface area (Å²) in [5.74, 6) is -5.14. The molecule has 0 saturated carbocycles. The van der Waals surface area contributed by atoms with Gasteiger partial charge in [0.2, 0.25) is 29.5 Å². The molecule has 2 aromatic carbocycles. The number of thioether (sulfide) groups is 1. The number of aliphatic hydroxyl groups is 4. The third kappa shape index (κ3) is 9.32. The fourth-order valence-corrected chi connectivity index (χ4v) is 10.5. The molecule has 0 unspecified atom stereocenters. The van der Waals surface area contributed by atoms with Gasteiger partial charge < -0.3 is 83.9 Å². The van der Waals surface area contributed by atoms with Crippen molar-refractivity contribution >= 4 is 40.6 Å². The molecule has 0 radical (unpaired) electrons. The van der Waals surface area contributed by atoms with Gasteiger partial charge in [0.05, 0.1) is 57.6 Å². The zero-order valence-electron chi connectivity index (χ0n) is 37.6. The highest BCUT2D eigenvalue weighted by molar-refractivity contribution is 8.13. The lowest BCUT2D eigenvalue weighted by Gasteiger charge is -2.47. The molecule has 5 heterocycles. The van der Waals surface area contributed by atoms with Crippen LogP contribution in [0.25, 0.3) is 0 Å². The number of rotatable bonds is 12. The number of ether oxygens (including phenoxy) is 9. The lowest BCUT2D eigenvalue weighted by molar-refractivity contribution is -0.364. The second kappa shape index (κ2) is 19.9. The van der Waals surface area contributed by atoms with Gasteiger partial charge in [-0.2, -0.15) is 0 Å². The molecule has 23 heteroatoms. The van der Waals surface area contributed by atoms with Crippen LogP contribution in [0.2, 0.25) is 0 Å². The number of cyclic esters (lactones) is 1. The summed E-state index contributed by atoms with van der Waals surface area (Å²) in [6.45, 7) is 7.77. The fraction of sp³-hybridized carbons (Fsp3) is 0.614. The molecule has 8 N–H and O–H groups in total. The van der Waals surface area contributed by atoms with Crippen LogP contribution in [0.3, 0.4) is 0 Å². The molecule has 0 aromatic heterocycles. The van der Waals surface area contributed by atoms with Crippen molar-refractivity contribution in [2.45, 2.75) is 107 Å². The van der Waals surface area contributed by atoms with Gasteiger partial charge in [-0.15, -0.1) is 0 Å². The van der Waals surface area contributed by atoms with E-state index in [2.05, 4.69) is 10.6 Å². The molecule has 67 heavy (non-hydrogen) atoms. The minimum Gasteiger partial charge on any atom is -0.502 e. The van der Waals surface area contributed by atoms with Gasteiger partial charge in [-0.25, -0.2) is 4.79 Å². The van der Waals surface area contributed by atoms with Crippen molar-refractivity contribution in [3.63, 3.8) is 0 Å². The number of carboxylic acids is 1. The summed E-state index contributed by atoms with van der Waals surface area (Å²) in [7, 11) is 2.86. The van der Waals surface area contributed by atoms with Gasteiger partial charge >= 0.3 is 11.9 Å². The summed E-state index contributed by atoms with van der Waals surface area (Å²) >= 11 is 0.535. The second-order valence-electron chi connectivity index (χ2n) is 17.5. The van der Waals surface area contributed by atoms with Crippen molar-refractivity contribution in [2.24, 2.45) is 23.7 Å². The first kappa shape index (κ1) is 49.9. The Hall–Kier alpha value is -4.98. The number of nitrogens with one attached hydrogen (secondary N) is 2. The number of carboxylic acid groups (broad SMARTS) is 1. The average Bonchev–Trinajstić information content (AvgIpc) is 3.98. The Morgan fingerprint density at radius 3 is 2.15 bits per heavy atom. The topological polar surface area (TPSA) is 314 Å². The van der Waals surface area contributed by atoms with E-state index in [-0.39, 0.29) is 43.0 Å². The molecule has 4 fully saturated rings. The first-order valence-corrected chi connectivity index (χ1v) is 22.6. The fourth-order valence-electron chi connectivity index (χ4n) is 9.43. The quantitative estimate of drug-likeness (QED) is 0.130. The number of phenolic OH excluding ortho intramolecular Hbond substituents is 1. The van der Waals surface area contributed by atoms with Gasteiger partial charge in [-0.3, -0.25) is 19.2 Å². The number of carbonyl (C=O) groups excluding carboxylic acids is 4. The van der Waals surface area contributed by atoms with E-state index in [0.29, 0.717) is 40.0 Å².